The Kier molecular flexibility index (Phi) is 1.92. The second-order valence-electron chi connectivity index (χ2n) is 3.01. The van der Waals surface area contributed by atoms with Crippen molar-refractivity contribution in [3.05, 3.63) is 29.6 Å². The summed E-state index contributed by atoms with van der Waals surface area (Å²) in [6, 6.07) is 4.71. The number of halogens is 1. The zero-order valence-corrected chi connectivity index (χ0v) is 7.58. The van der Waals surface area contributed by atoms with E-state index >= 15 is 0 Å². The smallest absolute Gasteiger partial charge is 0.239 e. The van der Waals surface area contributed by atoms with Crippen LogP contribution in [0.3, 0.4) is 0 Å². The molecule has 0 aliphatic carbocycles. The molecule has 14 heavy (non-hydrogen) atoms. The summed E-state index contributed by atoms with van der Waals surface area (Å²) in [6.45, 7) is 1.69. The summed E-state index contributed by atoms with van der Waals surface area (Å²) in [6.07, 6.45) is 0. The molecule has 4 nitrogen and oxygen atoms in total. The maximum atomic E-state index is 12.9. The first-order valence-corrected chi connectivity index (χ1v) is 4.11. The molecule has 0 aliphatic rings. The molecule has 0 unspecified atom stereocenters. The molecule has 5 heteroatoms. The molecule has 0 fully saturated rings. The lowest BCUT2D eigenvalue weighted by Crippen LogP contribution is -1.87. The summed E-state index contributed by atoms with van der Waals surface area (Å²) in [5, 5.41) is 6.35. The molecule has 2 aromatic rings. The highest BCUT2D eigenvalue weighted by molar-refractivity contribution is 5.56. The van der Waals surface area contributed by atoms with Gasteiger partial charge in [0.1, 0.15) is 5.82 Å². The highest BCUT2D eigenvalue weighted by atomic mass is 19.1. The van der Waals surface area contributed by atoms with Gasteiger partial charge in [-0.25, -0.2) is 4.39 Å². The van der Waals surface area contributed by atoms with E-state index in [1.54, 1.807) is 19.1 Å². The van der Waals surface area contributed by atoms with Crippen LogP contribution in [0.15, 0.2) is 18.2 Å². The molecule has 0 spiro atoms. The molecule has 0 atom stereocenters. The number of aryl methyl sites for hydroxylation is 1. The number of nitrogens with one attached hydrogen (secondary N) is 1. The van der Waals surface area contributed by atoms with Crippen molar-refractivity contribution in [1.82, 2.24) is 15.2 Å². The zero-order chi connectivity index (χ0) is 10.1. The Morgan fingerprint density at radius 1 is 1.43 bits per heavy atom. The maximum Gasteiger partial charge on any atom is 0.239 e. The van der Waals surface area contributed by atoms with E-state index in [1.807, 2.05) is 0 Å². The first kappa shape index (κ1) is 8.68. The van der Waals surface area contributed by atoms with Gasteiger partial charge in [0, 0.05) is 5.56 Å². The number of H-pyrrole nitrogens is 1. The fraction of sp³-hybridized carbons (Fsp3) is 0.111. The van der Waals surface area contributed by atoms with Crippen molar-refractivity contribution in [1.29, 1.82) is 0 Å². The average Bonchev–Trinajstić information content (AvgIpc) is 2.57. The van der Waals surface area contributed by atoms with Crippen LogP contribution < -0.4 is 5.73 Å². The van der Waals surface area contributed by atoms with Gasteiger partial charge in [-0.2, -0.15) is 4.98 Å². The van der Waals surface area contributed by atoms with Crippen LogP contribution in [-0.4, -0.2) is 15.2 Å². The van der Waals surface area contributed by atoms with Gasteiger partial charge < -0.3 is 5.73 Å². The van der Waals surface area contributed by atoms with Gasteiger partial charge in [0.25, 0.3) is 0 Å². The largest absolute Gasteiger partial charge is 0.366 e. The predicted octanol–water partition coefficient (Wildman–Crippen LogP) is 1.50. The van der Waals surface area contributed by atoms with Gasteiger partial charge in [0.2, 0.25) is 5.95 Å². The van der Waals surface area contributed by atoms with E-state index in [1.165, 1.54) is 6.07 Å². The molecule has 0 saturated carbocycles. The molecule has 3 N–H and O–H groups in total. The maximum absolute atomic E-state index is 12.9. The predicted molar refractivity (Wildman–Crippen MR) is 50.9 cm³/mol. The van der Waals surface area contributed by atoms with Crippen LogP contribution in [0.4, 0.5) is 10.3 Å². The molecule has 2 rings (SSSR count). The van der Waals surface area contributed by atoms with Crippen LogP contribution in [0, 0.1) is 12.7 Å². The van der Waals surface area contributed by atoms with E-state index < -0.39 is 0 Å². The first-order valence-electron chi connectivity index (χ1n) is 4.11. The number of nitrogens with zero attached hydrogens (tertiary/aromatic N) is 2. The van der Waals surface area contributed by atoms with Gasteiger partial charge in [0.15, 0.2) is 5.82 Å². The Balaban J connectivity index is 2.47. The zero-order valence-electron chi connectivity index (χ0n) is 7.58. The SMILES string of the molecule is Cc1cc(-c2nc(N)n[nH]2)ccc1F. The molecule has 1 aromatic heterocycles. The fourth-order valence-corrected chi connectivity index (χ4v) is 1.20. The molecule has 0 bridgehead atoms. The third kappa shape index (κ3) is 1.44. The topological polar surface area (TPSA) is 67.6 Å². The average molecular weight is 192 g/mol. The number of nitrogens with two attached hydrogens (primary N) is 1. The second-order valence-corrected chi connectivity index (χ2v) is 3.01. The van der Waals surface area contributed by atoms with Gasteiger partial charge in [-0.05, 0) is 30.7 Å². The van der Waals surface area contributed by atoms with Gasteiger partial charge in [-0.15, -0.1) is 5.10 Å². The van der Waals surface area contributed by atoms with Gasteiger partial charge in [-0.1, -0.05) is 0 Å². The number of nitrogen functional groups attached to an aromatic ring is 1. The summed E-state index contributed by atoms with van der Waals surface area (Å²) >= 11 is 0. The Morgan fingerprint density at radius 3 is 2.79 bits per heavy atom. The van der Waals surface area contributed by atoms with Crippen LogP contribution in [0.1, 0.15) is 5.56 Å². The van der Waals surface area contributed by atoms with E-state index in [9.17, 15) is 4.39 Å². The Morgan fingerprint density at radius 2 is 2.21 bits per heavy atom. The summed E-state index contributed by atoms with van der Waals surface area (Å²) in [5.74, 6) is 0.494. The monoisotopic (exact) mass is 192 g/mol. The lowest BCUT2D eigenvalue weighted by Gasteiger charge is -1.98. The fourth-order valence-electron chi connectivity index (χ4n) is 1.20. The Hall–Kier alpha value is -1.91. The molecule has 1 aromatic carbocycles. The Labute approximate surface area is 80.0 Å². The molecule has 1 heterocycles. The van der Waals surface area contributed by atoms with Gasteiger partial charge in [-0.3, -0.25) is 5.10 Å². The highest BCUT2D eigenvalue weighted by Gasteiger charge is 2.05. The third-order valence-electron chi connectivity index (χ3n) is 1.93. The van der Waals surface area contributed by atoms with E-state index in [0.717, 1.165) is 5.56 Å². The summed E-state index contributed by atoms with van der Waals surface area (Å²) in [5.41, 5.74) is 6.69. The van der Waals surface area contributed by atoms with Crippen molar-refractivity contribution in [2.75, 3.05) is 5.73 Å². The quantitative estimate of drug-likeness (QED) is 0.719. The number of aromatic amines is 1. The normalized spacial score (nSPS) is 10.4. The molecule has 0 radical (unpaired) electrons. The molecular weight excluding hydrogens is 183 g/mol. The van der Waals surface area contributed by atoms with Gasteiger partial charge >= 0.3 is 0 Å². The number of anilines is 1. The number of rotatable bonds is 1. The van der Waals surface area contributed by atoms with Crippen LogP contribution in [0.5, 0.6) is 0 Å². The summed E-state index contributed by atoms with van der Waals surface area (Å²) in [4.78, 5) is 3.94. The standard InChI is InChI=1S/C9H9FN4/c1-5-4-6(2-3-7(5)10)8-12-9(11)14-13-8/h2-4H,1H3,(H3,11,12,13,14). The van der Waals surface area contributed by atoms with Crippen LogP contribution >= 0.6 is 0 Å². The number of benzene rings is 1. The summed E-state index contributed by atoms with van der Waals surface area (Å²) in [7, 11) is 0. The Bertz CT molecular complexity index is 464. The molecule has 72 valence electrons. The number of hydrogen-bond donors (Lipinski definition) is 2. The van der Waals surface area contributed by atoms with Crippen molar-refractivity contribution in [2.45, 2.75) is 6.92 Å². The first-order chi connectivity index (χ1) is 6.66. The second kappa shape index (κ2) is 3.10. The van der Waals surface area contributed by atoms with Gasteiger partial charge in [0.05, 0.1) is 0 Å². The number of aromatic nitrogens is 3. The third-order valence-corrected chi connectivity index (χ3v) is 1.93. The van der Waals surface area contributed by atoms with E-state index in [2.05, 4.69) is 15.2 Å². The molecule has 0 aliphatic heterocycles. The minimum Gasteiger partial charge on any atom is -0.366 e. The molecule has 0 amide bonds. The highest BCUT2D eigenvalue weighted by Crippen LogP contribution is 2.18. The van der Waals surface area contributed by atoms with E-state index in [0.29, 0.717) is 11.4 Å². The van der Waals surface area contributed by atoms with Crippen LogP contribution in [0.2, 0.25) is 0 Å². The van der Waals surface area contributed by atoms with E-state index in [4.69, 9.17) is 5.73 Å². The minimum atomic E-state index is -0.235. The summed E-state index contributed by atoms with van der Waals surface area (Å²) < 4.78 is 12.9. The lowest BCUT2D eigenvalue weighted by atomic mass is 10.1. The van der Waals surface area contributed by atoms with Crippen molar-refractivity contribution >= 4 is 5.95 Å². The minimum absolute atomic E-state index is 0.182. The van der Waals surface area contributed by atoms with Crippen molar-refractivity contribution < 1.29 is 4.39 Å². The molecular formula is C9H9FN4. The van der Waals surface area contributed by atoms with Crippen molar-refractivity contribution in [3.8, 4) is 11.4 Å². The van der Waals surface area contributed by atoms with Crippen molar-refractivity contribution in [2.24, 2.45) is 0 Å². The number of hydrogen-bond acceptors (Lipinski definition) is 3. The van der Waals surface area contributed by atoms with E-state index in [-0.39, 0.29) is 11.8 Å². The lowest BCUT2D eigenvalue weighted by molar-refractivity contribution is 0.618. The van der Waals surface area contributed by atoms with Crippen LogP contribution in [0.25, 0.3) is 11.4 Å². The van der Waals surface area contributed by atoms with Crippen LogP contribution in [-0.2, 0) is 0 Å². The van der Waals surface area contributed by atoms with Crippen molar-refractivity contribution in [3.63, 3.8) is 0 Å². The molecule has 0 saturated heterocycles.